The molecule has 0 radical (unpaired) electrons. The molecule has 4 heteroatoms. The first-order valence-corrected chi connectivity index (χ1v) is 7.72. The van der Waals surface area contributed by atoms with Crippen molar-refractivity contribution in [3.8, 4) is 6.07 Å². The third-order valence-corrected chi connectivity index (χ3v) is 4.35. The predicted molar refractivity (Wildman–Crippen MR) is 87.2 cm³/mol. The maximum absolute atomic E-state index is 11.8. The van der Waals surface area contributed by atoms with Gasteiger partial charge in [-0.15, -0.1) is 0 Å². The molecule has 0 spiro atoms. The van der Waals surface area contributed by atoms with Gasteiger partial charge in [-0.25, -0.2) is 4.79 Å². The fraction of sp³-hybridized carbons (Fsp3) is 0.444. The molecule has 0 saturated carbocycles. The minimum atomic E-state index is -0.595. The molecule has 0 saturated heterocycles. The maximum Gasteiger partial charge on any atom is 0.412 e. The fourth-order valence-electron chi connectivity index (χ4n) is 3.01. The van der Waals surface area contributed by atoms with E-state index < -0.39 is 11.7 Å². The van der Waals surface area contributed by atoms with Gasteiger partial charge in [0.25, 0.3) is 0 Å². The van der Waals surface area contributed by atoms with E-state index in [4.69, 9.17) is 10.00 Å². The monoisotopic (exact) mass is 298 g/mol. The number of rotatable bonds is 4. The van der Waals surface area contributed by atoms with Gasteiger partial charge in [-0.05, 0) is 42.0 Å². The van der Waals surface area contributed by atoms with Gasteiger partial charge in [-0.3, -0.25) is 5.32 Å². The van der Waals surface area contributed by atoms with Gasteiger partial charge in [0.1, 0.15) is 5.60 Å². The number of benzene rings is 1. The van der Waals surface area contributed by atoms with Crippen LogP contribution in [0.2, 0.25) is 0 Å². The zero-order valence-corrected chi connectivity index (χ0v) is 13.6. The number of carbonyl (C=O) groups is 1. The molecule has 1 aliphatic heterocycles. The smallest absolute Gasteiger partial charge is 0.412 e. The first kappa shape index (κ1) is 16.1. The van der Waals surface area contributed by atoms with Gasteiger partial charge in [0.15, 0.2) is 0 Å². The van der Waals surface area contributed by atoms with Crippen molar-refractivity contribution in [3.05, 3.63) is 35.4 Å². The van der Waals surface area contributed by atoms with Crippen LogP contribution in [0.1, 0.15) is 51.7 Å². The Morgan fingerprint density at radius 1 is 1.41 bits per heavy atom. The van der Waals surface area contributed by atoms with Gasteiger partial charge in [-0.1, -0.05) is 33.8 Å². The summed E-state index contributed by atoms with van der Waals surface area (Å²) in [5, 5.41) is 11.8. The number of nitrogens with zero attached hydrogens (tertiary/aromatic N) is 1. The Bertz CT molecular complexity index is 650. The molecule has 2 rings (SSSR count). The number of carbonyl (C=O) groups excluding carboxylic acids is 1. The van der Waals surface area contributed by atoms with E-state index in [1.165, 1.54) is 0 Å². The van der Waals surface area contributed by atoms with Gasteiger partial charge in [0.05, 0.1) is 11.8 Å². The summed E-state index contributed by atoms with van der Waals surface area (Å²) in [6.45, 7) is 8.17. The van der Waals surface area contributed by atoms with Crippen LogP contribution in [0.25, 0.3) is 5.57 Å². The van der Waals surface area contributed by atoms with E-state index in [1.807, 2.05) is 32.0 Å². The fourth-order valence-corrected chi connectivity index (χ4v) is 3.01. The minimum absolute atomic E-state index is 0.245. The van der Waals surface area contributed by atoms with Gasteiger partial charge < -0.3 is 4.74 Å². The number of nitriles is 1. The van der Waals surface area contributed by atoms with Crippen molar-refractivity contribution < 1.29 is 9.53 Å². The number of hydrogen-bond donors (Lipinski definition) is 1. The summed E-state index contributed by atoms with van der Waals surface area (Å²) in [5.41, 5.74) is 3.18. The maximum atomic E-state index is 11.8. The molecule has 116 valence electrons. The molecule has 0 atom stereocenters. The minimum Gasteiger partial charge on any atom is -0.438 e. The average Bonchev–Trinajstić information content (AvgIpc) is 2.51. The van der Waals surface area contributed by atoms with E-state index in [1.54, 1.807) is 6.08 Å². The molecular weight excluding hydrogens is 276 g/mol. The Balaban J connectivity index is 2.61. The predicted octanol–water partition coefficient (Wildman–Crippen LogP) is 4.83. The van der Waals surface area contributed by atoms with Gasteiger partial charge in [0, 0.05) is 11.6 Å². The number of allylic oxidation sites excluding steroid dienone is 2. The van der Waals surface area contributed by atoms with Crippen LogP contribution in [-0.2, 0) is 10.3 Å². The van der Waals surface area contributed by atoms with Crippen LogP contribution in [0, 0.1) is 17.2 Å². The Labute approximate surface area is 131 Å². The lowest BCUT2D eigenvalue weighted by atomic mass is 9.83. The first-order chi connectivity index (χ1) is 10.5. The Kier molecular flexibility index (Phi) is 4.56. The van der Waals surface area contributed by atoms with Crippen LogP contribution in [0.15, 0.2) is 24.3 Å². The summed E-state index contributed by atoms with van der Waals surface area (Å²) in [4.78, 5) is 11.8. The molecule has 1 aromatic carbocycles. The summed E-state index contributed by atoms with van der Waals surface area (Å²) >= 11 is 0. The molecule has 0 fully saturated rings. The first-order valence-electron chi connectivity index (χ1n) is 7.72. The average molecular weight is 298 g/mol. The highest BCUT2D eigenvalue weighted by atomic mass is 16.6. The summed E-state index contributed by atoms with van der Waals surface area (Å²) in [6, 6.07) is 8.02. The van der Waals surface area contributed by atoms with E-state index >= 15 is 0 Å². The van der Waals surface area contributed by atoms with Crippen LogP contribution < -0.4 is 5.32 Å². The lowest BCUT2D eigenvalue weighted by Crippen LogP contribution is -2.38. The van der Waals surface area contributed by atoms with Crippen molar-refractivity contribution in [3.63, 3.8) is 0 Å². The standard InChI is InChI=1S/C18H22N2O2/c1-5-18(6-2)15-11-13(14(9-10-19)12(3)4)7-8-16(15)20-17(21)22-18/h7-9,11-12H,5-6H2,1-4H3,(H,20,21). The highest BCUT2D eigenvalue weighted by molar-refractivity contribution is 5.89. The molecule has 0 bridgehead atoms. The zero-order valence-electron chi connectivity index (χ0n) is 13.6. The molecule has 1 N–H and O–H groups in total. The lowest BCUT2D eigenvalue weighted by molar-refractivity contribution is 0.00471. The van der Waals surface area contributed by atoms with Crippen molar-refractivity contribution in [2.45, 2.75) is 46.1 Å². The van der Waals surface area contributed by atoms with Gasteiger partial charge >= 0.3 is 6.09 Å². The van der Waals surface area contributed by atoms with E-state index in [0.29, 0.717) is 12.8 Å². The molecule has 4 nitrogen and oxygen atoms in total. The van der Waals surface area contributed by atoms with E-state index in [2.05, 4.69) is 25.2 Å². The number of ether oxygens (including phenoxy) is 1. The Morgan fingerprint density at radius 2 is 2.09 bits per heavy atom. The van der Waals surface area contributed by atoms with Crippen LogP contribution in [0.3, 0.4) is 0 Å². The zero-order chi connectivity index (χ0) is 16.3. The van der Waals surface area contributed by atoms with E-state index in [9.17, 15) is 4.79 Å². The van der Waals surface area contributed by atoms with Crippen LogP contribution in [-0.4, -0.2) is 6.09 Å². The van der Waals surface area contributed by atoms with Gasteiger partial charge in [0.2, 0.25) is 0 Å². The Hall–Kier alpha value is -2.28. The number of amides is 1. The van der Waals surface area contributed by atoms with Crippen molar-refractivity contribution in [1.29, 1.82) is 5.26 Å². The lowest BCUT2D eigenvalue weighted by Gasteiger charge is -2.37. The largest absolute Gasteiger partial charge is 0.438 e. The van der Waals surface area contributed by atoms with E-state index in [0.717, 1.165) is 22.4 Å². The topological polar surface area (TPSA) is 62.1 Å². The molecule has 1 amide bonds. The molecule has 1 aromatic rings. The van der Waals surface area contributed by atoms with Crippen LogP contribution in [0.5, 0.6) is 0 Å². The summed E-state index contributed by atoms with van der Waals surface area (Å²) in [6.07, 6.45) is 2.62. The number of anilines is 1. The third-order valence-electron chi connectivity index (χ3n) is 4.35. The summed E-state index contributed by atoms with van der Waals surface area (Å²) < 4.78 is 5.62. The number of fused-ring (bicyclic) bond motifs is 1. The van der Waals surface area contributed by atoms with Crippen molar-refractivity contribution >= 4 is 17.4 Å². The Morgan fingerprint density at radius 3 is 2.64 bits per heavy atom. The van der Waals surface area contributed by atoms with Crippen LogP contribution >= 0.6 is 0 Å². The van der Waals surface area contributed by atoms with Crippen molar-refractivity contribution in [2.24, 2.45) is 5.92 Å². The van der Waals surface area contributed by atoms with Crippen molar-refractivity contribution in [1.82, 2.24) is 0 Å². The molecule has 22 heavy (non-hydrogen) atoms. The molecule has 0 unspecified atom stereocenters. The quantitative estimate of drug-likeness (QED) is 0.810. The molecular formula is C18H22N2O2. The van der Waals surface area contributed by atoms with Gasteiger partial charge in [-0.2, -0.15) is 5.26 Å². The summed E-state index contributed by atoms with van der Waals surface area (Å²) in [5.74, 6) is 0.245. The summed E-state index contributed by atoms with van der Waals surface area (Å²) in [7, 11) is 0. The number of hydrogen-bond acceptors (Lipinski definition) is 3. The van der Waals surface area contributed by atoms with E-state index in [-0.39, 0.29) is 5.92 Å². The highest BCUT2D eigenvalue weighted by Gasteiger charge is 2.39. The SMILES string of the molecule is CCC1(CC)OC(=O)Nc2ccc(C(=CC#N)C(C)C)cc21. The third kappa shape index (κ3) is 2.71. The normalized spacial score (nSPS) is 16.5. The highest BCUT2D eigenvalue weighted by Crippen LogP contribution is 2.42. The number of nitrogens with one attached hydrogen (secondary N) is 1. The molecule has 0 aliphatic carbocycles. The molecule has 0 aromatic heterocycles. The molecule has 1 aliphatic rings. The second kappa shape index (κ2) is 6.23. The second-order valence-electron chi connectivity index (χ2n) is 5.86. The second-order valence-corrected chi connectivity index (χ2v) is 5.86. The van der Waals surface area contributed by atoms with Crippen LogP contribution in [0.4, 0.5) is 10.5 Å². The van der Waals surface area contributed by atoms with Crippen molar-refractivity contribution in [2.75, 3.05) is 5.32 Å². The molecule has 1 heterocycles. The number of cyclic esters (lactones) is 1.